The maximum atomic E-state index is 14.0. The Morgan fingerprint density at radius 1 is 1.16 bits per heavy atom. The molecule has 0 fully saturated rings. The lowest BCUT2D eigenvalue weighted by Crippen LogP contribution is -2.36. The number of benzene rings is 2. The molecule has 0 saturated heterocycles. The molecule has 31 heavy (non-hydrogen) atoms. The number of hydrogen-bond acceptors (Lipinski definition) is 3. The first kappa shape index (κ1) is 21.1. The molecule has 0 amide bonds. The molecule has 1 heterocycles. The Morgan fingerprint density at radius 2 is 1.90 bits per heavy atom. The first-order chi connectivity index (χ1) is 15.1. The van der Waals surface area contributed by atoms with Gasteiger partial charge in [-0.2, -0.15) is 0 Å². The van der Waals surface area contributed by atoms with Crippen molar-refractivity contribution in [3.63, 3.8) is 0 Å². The number of hydrogen-bond donors (Lipinski definition) is 0. The Hall–Kier alpha value is -3.14. The van der Waals surface area contributed by atoms with Gasteiger partial charge < -0.3 is 9.30 Å². The van der Waals surface area contributed by atoms with Crippen molar-refractivity contribution in [1.82, 2.24) is 4.57 Å². The Balaban J connectivity index is 1.76. The van der Waals surface area contributed by atoms with Crippen LogP contribution in [0.4, 0.5) is 0 Å². The molecule has 4 heteroatoms. The monoisotopic (exact) mass is 415 g/mol. The van der Waals surface area contributed by atoms with E-state index in [9.17, 15) is 9.59 Å². The van der Waals surface area contributed by atoms with Gasteiger partial charge in [-0.05, 0) is 44.2 Å². The van der Waals surface area contributed by atoms with E-state index in [1.807, 2.05) is 42.5 Å². The van der Waals surface area contributed by atoms with Crippen LogP contribution in [0, 0.1) is 5.41 Å². The molecule has 4 nitrogen and oxygen atoms in total. The van der Waals surface area contributed by atoms with Gasteiger partial charge >= 0.3 is 5.97 Å². The molecule has 0 bridgehead atoms. The number of para-hydroxylation sites is 1. The molecule has 160 valence electrons. The SMILES string of the molecule is C=CCC1(CCC(=O)OCC)CCc2c(c3ccccc3n2Cc2ccccc2)C1=O. The summed E-state index contributed by atoms with van der Waals surface area (Å²) in [7, 11) is 0. The maximum absolute atomic E-state index is 14.0. The van der Waals surface area contributed by atoms with E-state index in [2.05, 4.69) is 29.3 Å². The number of esters is 1. The van der Waals surface area contributed by atoms with Gasteiger partial charge in [-0.3, -0.25) is 9.59 Å². The lowest BCUT2D eigenvalue weighted by atomic mass is 9.67. The van der Waals surface area contributed by atoms with Crippen molar-refractivity contribution in [1.29, 1.82) is 0 Å². The second kappa shape index (κ2) is 8.93. The van der Waals surface area contributed by atoms with Crippen LogP contribution in [0.15, 0.2) is 67.3 Å². The zero-order valence-corrected chi connectivity index (χ0v) is 18.1. The maximum Gasteiger partial charge on any atom is 0.305 e. The van der Waals surface area contributed by atoms with Crippen LogP contribution in [-0.2, 0) is 22.5 Å². The van der Waals surface area contributed by atoms with Gasteiger partial charge in [0.15, 0.2) is 5.78 Å². The van der Waals surface area contributed by atoms with Crippen molar-refractivity contribution in [2.24, 2.45) is 5.41 Å². The normalized spacial score (nSPS) is 18.0. The Morgan fingerprint density at radius 3 is 2.65 bits per heavy atom. The van der Waals surface area contributed by atoms with Crippen molar-refractivity contribution in [2.75, 3.05) is 6.61 Å². The Kier molecular flexibility index (Phi) is 6.08. The van der Waals surface area contributed by atoms with Crippen LogP contribution >= 0.6 is 0 Å². The number of rotatable bonds is 8. The number of nitrogens with zero attached hydrogens (tertiary/aromatic N) is 1. The van der Waals surface area contributed by atoms with Crippen molar-refractivity contribution in [2.45, 2.75) is 45.6 Å². The highest BCUT2D eigenvalue weighted by Crippen LogP contribution is 2.45. The summed E-state index contributed by atoms with van der Waals surface area (Å²) in [5, 5.41) is 1.00. The van der Waals surface area contributed by atoms with Gasteiger partial charge in [0, 0.05) is 40.5 Å². The second-order valence-corrected chi connectivity index (χ2v) is 8.32. The fourth-order valence-corrected chi connectivity index (χ4v) is 4.94. The minimum Gasteiger partial charge on any atom is -0.466 e. The fourth-order valence-electron chi connectivity index (χ4n) is 4.94. The molecule has 1 unspecified atom stereocenters. The minimum absolute atomic E-state index is 0.140. The smallest absolute Gasteiger partial charge is 0.305 e. The van der Waals surface area contributed by atoms with Crippen molar-refractivity contribution in [3.05, 3.63) is 84.1 Å². The first-order valence-electron chi connectivity index (χ1n) is 11.0. The third-order valence-corrected chi connectivity index (χ3v) is 6.46. The highest BCUT2D eigenvalue weighted by molar-refractivity contribution is 6.13. The lowest BCUT2D eigenvalue weighted by Gasteiger charge is -2.35. The van der Waals surface area contributed by atoms with E-state index in [0.717, 1.165) is 41.5 Å². The largest absolute Gasteiger partial charge is 0.466 e. The summed E-state index contributed by atoms with van der Waals surface area (Å²) in [6, 6.07) is 18.5. The molecule has 1 aromatic heterocycles. The molecule has 0 aliphatic heterocycles. The van der Waals surface area contributed by atoms with Gasteiger partial charge in [-0.25, -0.2) is 0 Å². The van der Waals surface area contributed by atoms with E-state index < -0.39 is 5.41 Å². The number of allylic oxidation sites excluding steroid dienone is 1. The molecule has 4 rings (SSSR count). The standard InChI is InChI=1S/C27H29NO3/c1-3-16-27(18-15-24(29)31-4-2)17-14-23-25(26(27)30)21-12-8-9-13-22(21)28(23)19-20-10-6-5-7-11-20/h3,5-13H,1,4,14-19H2,2H3. The molecule has 1 aliphatic rings. The molecular weight excluding hydrogens is 386 g/mol. The van der Waals surface area contributed by atoms with E-state index in [-0.39, 0.29) is 18.2 Å². The predicted molar refractivity (Wildman–Crippen MR) is 123 cm³/mol. The zero-order chi connectivity index (χ0) is 21.8. The van der Waals surface area contributed by atoms with Gasteiger partial charge in [0.05, 0.1) is 6.61 Å². The van der Waals surface area contributed by atoms with E-state index in [0.29, 0.717) is 19.4 Å². The summed E-state index contributed by atoms with van der Waals surface area (Å²) >= 11 is 0. The number of fused-ring (bicyclic) bond motifs is 3. The fraction of sp³-hybridized carbons (Fsp3) is 0.333. The van der Waals surface area contributed by atoms with Crippen molar-refractivity contribution >= 4 is 22.7 Å². The van der Waals surface area contributed by atoms with Gasteiger partial charge in [0.2, 0.25) is 0 Å². The highest BCUT2D eigenvalue weighted by Gasteiger charge is 2.44. The van der Waals surface area contributed by atoms with Gasteiger partial charge in [-0.1, -0.05) is 54.6 Å². The number of carbonyl (C=O) groups excluding carboxylic acids is 2. The minimum atomic E-state index is -0.594. The first-order valence-corrected chi connectivity index (χ1v) is 11.0. The molecule has 0 saturated carbocycles. The van der Waals surface area contributed by atoms with Crippen LogP contribution in [-0.4, -0.2) is 22.9 Å². The summed E-state index contributed by atoms with van der Waals surface area (Å²) in [6.07, 6.45) is 4.66. The number of Topliss-reactive ketones (excluding diaryl/α,β-unsaturated/α-hetero) is 1. The molecule has 2 aromatic carbocycles. The third kappa shape index (κ3) is 3.95. The average Bonchev–Trinajstić information content (AvgIpc) is 3.10. The zero-order valence-electron chi connectivity index (χ0n) is 18.1. The van der Waals surface area contributed by atoms with Crippen LogP contribution in [0.25, 0.3) is 10.9 Å². The summed E-state index contributed by atoms with van der Waals surface area (Å²) < 4.78 is 7.41. The molecule has 1 atom stereocenters. The highest BCUT2D eigenvalue weighted by atomic mass is 16.5. The van der Waals surface area contributed by atoms with Crippen LogP contribution in [0.1, 0.15) is 54.2 Å². The average molecular weight is 416 g/mol. The van der Waals surface area contributed by atoms with Crippen molar-refractivity contribution < 1.29 is 14.3 Å². The molecule has 0 radical (unpaired) electrons. The van der Waals surface area contributed by atoms with E-state index in [1.165, 1.54) is 5.56 Å². The Labute approximate surface area is 183 Å². The number of ether oxygens (including phenoxy) is 1. The quantitative estimate of drug-likeness (QED) is 0.349. The predicted octanol–water partition coefficient (Wildman–Crippen LogP) is 5.72. The van der Waals surface area contributed by atoms with Gasteiger partial charge in [0.25, 0.3) is 0 Å². The molecule has 3 aromatic rings. The van der Waals surface area contributed by atoms with Crippen LogP contribution in [0.3, 0.4) is 0 Å². The van der Waals surface area contributed by atoms with Crippen molar-refractivity contribution in [3.8, 4) is 0 Å². The van der Waals surface area contributed by atoms with Crippen LogP contribution in [0.5, 0.6) is 0 Å². The van der Waals surface area contributed by atoms with Gasteiger partial charge in [-0.15, -0.1) is 6.58 Å². The molecule has 1 aliphatic carbocycles. The number of aromatic nitrogens is 1. The summed E-state index contributed by atoms with van der Waals surface area (Å²) in [6.45, 7) is 6.80. The molecule has 0 spiro atoms. The van der Waals surface area contributed by atoms with Crippen LogP contribution in [0.2, 0.25) is 0 Å². The topological polar surface area (TPSA) is 48.3 Å². The summed E-state index contributed by atoms with van der Waals surface area (Å²) in [4.78, 5) is 26.0. The van der Waals surface area contributed by atoms with Gasteiger partial charge in [0.1, 0.15) is 0 Å². The Bertz CT molecular complexity index is 1110. The molecule has 0 N–H and O–H groups in total. The second-order valence-electron chi connectivity index (χ2n) is 8.32. The van der Waals surface area contributed by atoms with E-state index in [1.54, 1.807) is 6.92 Å². The lowest BCUT2D eigenvalue weighted by molar-refractivity contribution is -0.143. The number of carbonyl (C=O) groups is 2. The summed E-state index contributed by atoms with van der Waals surface area (Å²) in [5.74, 6) is -0.1000. The molecular formula is C27H29NO3. The van der Waals surface area contributed by atoms with E-state index >= 15 is 0 Å². The summed E-state index contributed by atoms with van der Waals surface area (Å²) in [5.41, 5.74) is 3.63. The van der Waals surface area contributed by atoms with E-state index in [4.69, 9.17) is 4.74 Å². The van der Waals surface area contributed by atoms with Crippen LogP contribution < -0.4 is 0 Å². The number of ketones is 1. The third-order valence-electron chi connectivity index (χ3n) is 6.46.